The SMILES string of the molecule is CC[C@H](C)C1NC(=O)C(CNC(=O)[C@]2(N(C)C(=O)[C@@H]3C=CCN3)C[C@H]2C(C)C)C2(CC2)OC(=O)[C@H](Cc2ccc(OC)cc2)N(C)C(=O)[C@@H]2CCCN2C(=O)[C@@]2(CC2C(C)C)NC(=O)[C@H](C(C)C)OC(=O)C[C@@H]1O. The number of benzene rings is 1. The van der Waals surface area contributed by atoms with Gasteiger partial charge in [-0.15, -0.1) is 0 Å². The molecule has 0 bridgehead atoms. The van der Waals surface area contributed by atoms with Crippen molar-refractivity contribution in [3.63, 3.8) is 0 Å². The van der Waals surface area contributed by atoms with Crippen molar-refractivity contribution >= 4 is 47.4 Å². The number of carbonyl (C=O) groups is 8. The average Bonchev–Trinajstić information content (AvgIpc) is 4.32. The zero-order valence-electron chi connectivity index (χ0n) is 45.2. The van der Waals surface area contributed by atoms with E-state index < -0.39 is 119 Å². The molecule has 7 rings (SSSR count). The second-order valence-corrected chi connectivity index (χ2v) is 23.0. The number of aliphatic hydroxyl groups excluding tert-OH is 1. The third kappa shape index (κ3) is 11.2. The number of ether oxygens (including phenoxy) is 3. The molecule has 2 spiro atoms. The predicted octanol–water partition coefficient (Wildman–Crippen LogP) is 2.66. The van der Waals surface area contributed by atoms with Crippen LogP contribution in [0.5, 0.6) is 5.75 Å². The highest BCUT2D eigenvalue weighted by Gasteiger charge is 2.67. The van der Waals surface area contributed by atoms with Crippen LogP contribution in [-0.2, 0) is 54.3 Å². The Morgan fingerprint density at radius 1 is 0.946 bits per heavy atom. The molecule has 2 saturated heterocycles. The standard InChI is InChI=1S/C55H81N7O12/c1-12-33(8)44-42(63)26-43(64)73-45(32(6)7)47(66)59-54(27-36(54)30(2)3)52(71)62-24-14-16-40(62)49(68)60(9)41(25-34-17-19-35(72-11)20-18-34)50(69)74-53(21-22-53)38(46(65)58-44)29-57-51(70)55(28-37(55)31(4)5)61(10)48(67)39-15-13-23-56-39/h13,15,17-20,30-33,36-42,44-45,56,63H,12,14,16,21-29H2,1-11H3,(H,57,70)(H,58,65)(H,59,66)/t33-,36?,37-,38?,39-,40-,41-,42-,44?,45-,54-,55-/m0/s1. The van der Waals surface area contributed by atoms with E-state index >= 15 is 14.4 Å². The molecule has 6 amide bonds. The van der Waals surface area contributed by atoms with Crippen LogP contribution >= 0.6 is 0 Å². The maximum Gasteiger partial charge on any atom is 0.329 e. The molecule has 3 unspecified atom stereocenters. The molecule has 12 atom stereocenters. The Kier molecular flexibility index (Phi) is 17.0. The Hall–Kier alpha value is -5.56. The molecule has 19 heteroatoms. The summed E-state index contributed by atoms with van der Waals surface area (Å²) in [5, 5.41) is 24.0. The van der Waals surface area contributed by atoms with Crippen molar-refractivity contribution in [3.8, 4) is 5.75 Å². The van der Waals surface area contributed by atoms with Crippen molar-refractivity contribution in [1.82, 2.24) is 36.0 Å². The molecule has 3 aliphatic heterocycles. The van der Waals surface area contributed by atoms with Gasteiger partial charge >= 0.3 is 11.9 Å². The average molecular weight is 1030 g/mol. The fourth-order valence-corrected chi connectivity index (χ4v) is 11.9. The van der Waals surface area contributed by atoms with Gasteiger partial charge in [0.1, 0.15) is 40.6 Å². The number of likely N-dealkylation sites (N-methyl/N-ethyl adjacent to an activating group) is 2. The molecule has 3 aliphatic carbocycles. The van der Waals surface area contributed by atoms with Gasteiger partial charge in [0.05, 0.1) is 31.6 Å². The van der Waals surface area contributed by atoms with Crippen molar-refractivity contribution < 1.29 is 57.7 Å². The summed E-state index contributed by atoms with van der Waals surface area (Å²) in [4.78, 5) is 121. The summed E-state index contributed by atoms with van der Waals surface area (Å²) in [6.45, 7) is 15.4. The van der Waals surface area contributed by atoms with Gasteiger partial charge in [-0.25, -0.2) is 4.79 Å². The van der Waals surface area contributed by atoms with E-state index in [1.54, 1.807) is 58.2 Å². The van der Waals surface area contributed by atoms with Crippen LogP contribution in [0.3, 0.4) is 0 Å². The van der Waals surface area contributed by atoms with Crippen molar-refractivity contribution in [1.29, 1.82) is 0 Å². The lowest BCUT2D eigenvalue weighted by molar-refractivity contribution is -0.166. The lowest BCUT2D eigenvalue weighted by Crippen LogP contribution is -2.59. The zero-order chi connectivity index (χ0) is 54.2. The summed E-state index contributed by atoms with van der Waals surface area (Å²) in [5.41, 5.74) is -3.44. The lowest BCUT2D eigenvalue weighted by Gasteiger charge is -2.36. The van der Waals surface area contributed by atoms with Gasteiger partial charge in [0, 0.05) is 40.2 Å². The summed E-state index contributed by atoms with van der Waals surface area (Å²) in [5.74, 6) is -6.90. The molecule has 5 N–H and O–H groups in total. The first-order valence-electron chi connectivity index (χ1n) is 26.9. The van der Waals surface area contributed by atoms with Crippen LogP contribution < -0.4 is 26.0 Å². The number of hydrogen-bond donors (Lipinski definition) is 5. The fourth-order valence-electron chi connectivity index (χ4n) is 11.9. The highest BCUT2D eigenvalue weighted by atomic mass is 16.6. The van der Waals surface area contributed by atoms with E-state index in [1.807, 2.05) is 40.7 Å². The van der Waals surface area contributed by atoms with Crippen LogP contribution in [0.25, 0.3) is 0 Å². The van der Waals surface area contributed by atoms with E-state index in [0.717, 1.165) is 0 Å². The fraction of sp³-hybridized carbons (Fsp3) is 0.709. The molecule has 3 heterocycles. The minimum Gasteiger partial charge on any atom is -0.497 e. The number of aliphatic hydroxyl groups is 1. The van der Waals surface area contributed by atoms with Crippen LogP contribution in [0.4, 0.5) is 0 Å². The van der Waals surface area contributed by atoms with Gasteiger partial charge in [-0.2, -0.15) is 0 Å². The molecule has 6 aliphatic rings. The van der Waals surface area contributed by atoms with Gasteiger partial charge in [-0.3, -0.25) is 38.9 Å². The number of cyclic esters (lactones) is 1. The molecule has 1 aromatic carbocycles. The van der Waals surface area contributed by atoms with Crippen LogP contribution in [0.1, 0.15) is 112 Å². The topological polar surface area (TPSA) is 242 Å². The molecule has 0 aromatic heterocycles. The van der Waals surface area contributed by atoms with Gasteiger partial charge in [-0.05, 0) is 91.7 Å². The van der Waals surface area contributed by atoms with Crippen molar-refractivity contribution in [2.24, 2.45) is 41.4 Å². The highest BCUT2D eigenvalue weighted by Crippen LogP contribution is 2.54. The van der Waals surface area contributed by atoms with Gasteiger partial charge in [-0.1, -0.05) is 86.1 Å². The smallest absolute Gasteiger partial charge is 0.329 e. The van der Waals surface area contributed by atoms with E-state index in [4.69, 9.17) is 14.2 Å². The third-order valence-electron chi connectivity index (χ3n) is 17.1. The lowest BCUT2D eigenvalue weighted by atomic mass is 9.90. The van der Waals surface area contributed by atoms with E-state index in [0.29, 0.717) is 50.0 Å². The highest BCUT2D eigenvalue weighted by molar-refractivity contribution is 6.00. The number of hydrogen-bond acceptors (Lipinski definition) is 13. The van der Waals surface area contributed by atoms with Crippen molar-refractivity contribution in [3.05, 3.63) is 42.0 Å². The summed E-state index contributed by atoms with van der Waals surface area (Å²) >= 11 is 0. The van der Waals surface area contributed by atoms with Gasteiger partial charge < -0.3 is 50.0 Å². The summed E-state index contributed by atoms with van der Waals surface area (Å²) in [6.07, 6.45) is 2.48. The Morgan fingerprint density at radius 3 is 2.18 bits per heavy atom. The van der Waals surface area contributed by atoms with Crippen molar-refractivity contribution in [2.45, 2.75) is 166 Å². The van der Waals surface area contributed by atoms with E-state index in [-0.39, 0.29) is 61.9 Å². The number of nitrogens with zero attached hydrogens (tertiary/aromatic N) is 3. The van der Waals surface area contributed by atoms with Crippen molar-refractivity contribution in [2.75, 3.05) is 40.8 Å². The maximum atomic E-state index is 15.1. The largest absolute Gasteiger partial charge is 0.497 e. The Bertz CT molecular complexity index is 2340. The summed E-state index contributed by atoms with van der Waals surface area (Å²) in [7, 11) is 4.65. The summed E-state index contributed by atoms with van der Waals surface area (Å²) < 4.78 is 17.8. The van der Waals surface area contributed by atoms with Crippen LogP contribution in [-0.4, -0.2) is 161 Å². The normalized spacial score (nSPS) is 32.9. The Morgan fingerprint density at radius 2 is 1.62 bits per heavy atom. The van der Waals surface area contributed by atoms with Crippen LogP contribution in [0.2, 0.25) is 0 Å². The third-order valence-corrected chi connectivity index (χ3v) is 17.1. The monoisotopic (exact) mass is 1030 g/mol. The quantitative estimate of drug-likeness (QED) is 0.141. The predicted molar refractivity (Wildman–Crippen MR) is 272 cm³/mol. The Balaban J connectivity index is 1.28. The first-order chi connectivity index (χ1) is 35.0. The van der Waals surface area contributed by atoms with Crippen LogP contribution in [0, 0.1) is 41.4 Å². The molecule has 408 valence electrons. The molecule has 74 heavy (non-hydrogen) atoms. The number of rotatable bonds is 13. The van der Waals surface area contributed by atoms with Gasteiger partial charge in [0.15, 0.2) is 6.10 Å². The minimum absolute atomic E-state index is 0.0117. The second kappa shape index (κ2) is 22.3. The number of methoxy groups -OCH3 is 1. The first kappa shape index (κ1) is 56.2. The molecule has 5 fully saturated rings. The number of amides is 6. The van der Waals surface area contributed by atoms with Gasteiger partial charge in [0.25, 0.3) is 5.91 Å². The molecular weight excluding hydrogens is 951 g/mol. The summed E-state index contributed by atoms with van der Waals surface area (Å²) in [6, 6.07) is 3.11. The molecule has 3 saturated carbocycles. The minimum atomic E-state index is -1.51. The molecule has 0 radical (unpaired) electrons. The zero-order valence-corrected chi connectivity index (χ0v) is 45.2. The molecule has 19 nitrogen and oxygen atoms in total. The molecule has 1 aromatic rings. The number of fused-ring (bicyclic) bond motifs is 1. The first-order valence-corrected chi connectivity index (χ1v) is 26.9. The second-order valence-electron chi connectivity index (χ2n) is 23.0. The van der Waals surface area contributed by atoms with E-state index in [9.17, 15) is 29.1 Å². The number of carbonyl (C=O) groups excluding carboxylic acids is 8. The van der Waals surface area contributed by atoms with Crippen LogP contribution in [0.15, 0.2) is 36.4 Å². The number of esters is 2. The maximum absolute atomic E-state index is 15.1. The van der Waals surface area contributed by atoms with Gasteiger partial charge in [0.2, 0.25) is 29.5 Å². The van der Waals surface area contributed by atoms with E-state index in [1.165, 1.54) is 28.9 Å². The number of nitrogens with one attached hydrogen (secondary N) is 4. The Labute approximate surface area is 435 Å². The van der Waals surface area contributed by atoms with E-state index in [2.05, 4.69) is 21.3 Å². The molecular formula is C55H81N7O12.